The Kier molecular flexibility index (Phi) is 8.82. The van der Waals surface area contributed by atoms with Crippen molar-refractivity contribution in [1.82, 2.24) is 4.23 Å². The molecule has 5 nitrogen and oxygen atoms in total. The second-order valence-electron chi connectivity index (χ2n) is 11.6. The highest BCUT2D eigenvalue weighted by Crippen LogP contribution is 2.46. The quantitative estimate of drug-likeness (QED) is 0.0886. The molecule has 0 aliphatic carbocycles. The van der Waals surface area contributed by atoms with E-state index in [1.54, 1.807) is 6.20 Å². The third-order valence-electron chi connectivity index (χ3n) is 8.46. The Labute approximate surface area is 234 Å². The van der Waals surface area contributed by atoms with E-state index in [2.05, 4.69) is 41.5 Å². The fraction of sp³-hybridized carbons (Fsp3) is 0.500. The van der Waals surface area contributed by atoms with E-state index in [9.17, 15) is 4.39 Å². The first-order valence-electron chi connectivity index (χ1n) is 13.9. The Hall–Kier alpha value is -2.69. The van der Waals surface area contributed by atoms with Crippen LogP contribution in [-0.4, -0.2) is 31.2 Å². The van der Waals surface area contributed by atoms with Crippen LogP contribution in [0.3, 0.4) is 0 Å². The van der Waals surface area contributed by atoms with Gasteiger partial charge in [0.25, 0.3) is 0 Å². The molecule has 2 unspecified atom stereocenters. The molecular formula is C30H39F4N3O2Si. The van der Waals surface area contributed by atoms with E-state index < -0.39 is 55.3 Å². The molecule has 1 aliphatic rings. The molecule has 0 radical (unpaired) electrons. The first kappa shape index (κ1) is 30.3. The third-order valence-corrected chi connectivity index (χ3v) is 15.2. The number of nitrogens with two attached hydrogens (primary N) is 1. The Morgan fingerprint density at radius 3 is 2.17 bits per heavy atom. The predicted molar refractivity (Wildman–Crippen MR) is 152 cm³/mol. The van der Waals surface area contributed by atoms with E-state index >= 15 is 13.2 Å². The highest BCUT2D eigenvalue weighted by Gasteiger charge is 2.47. The van der Waals surface area contributed by atoms with Crippen molar-refractivity contribution in [2.24, 2.45) is 5.73 Å². The van der Waals surface area contributed by atoms with Crippen LogP contribution >= 0.6 is 0 Å². The minimum absolute atomic E-state index is 0.0419. The summed E-state index contributed by atoms with van der Waals surface area (Å²) in [5.41, 5.74) is 5.22. The summed E-state index contributed by atoms with van der Waals surface area (Å²) in [6.45, 7) is 12.9. The summed E-state index contributed by atoms with van der Waals surface area (Å²) in [4.78, 5) is 0. The summed E-state index contributed by atoms with van der Waals surface area (Å²) in [6, 6.07) is 5.08. The molecule has 0 spiro atoms. The van der Waals surface area contributed by atoms with Gasteiger partial charge in [-0.1, -0.05) is 47.6 Å². The zero-order valence-corrected chi connectivity index (χ0v) is 25.0. The molecule has 1 fully saturated rings. The van der Waals surface area contributed by atoms with E-state index in [-0.39, 0.29) is 38.7 Å². The van der Waals surface area contributed by atoms with Gasteiger partial charge in [0.2, 0.25) is 0 Å². The van der Waals surface area contributed by atoms with E-state index in [0.29, 0.717) is 13.0 Å². The van der Waals surface area contributed by atoms with Crippen LogP contribution in [0.5, 0.6) is 0 Å². The number of nitrogen functional groups attached to an aromatic ring is 1. The molecule has 1 aromatic heterocycles. The van der Waals surface area contributed by atoms with Gasteiger partial charge in [-0.05, 0) is 65.8 Å². The molecule has 3 aromatic rings. The smallest absolute Gasteiger partial charge is 0.182 e. The summed E-state index contributed by atoms with van der Waals surface area (Å²) in [5, 5.41) is 7.69. The van der Waals surface area contributed by atoms with Crippen LogP contribution < -0.4 is 5.73 Å². The Bertz CT molecular complexity index is 1380. The van der Waals surface area contributed by atoms with Gasteiger partial charge in [0, 0.05) is 12.0 Å². The average Bonchev–Trinajstić information content (AvgIpc) is 3.33. The topological polar surface area (TPSA) is 73.3 Å². The van der Waals surface area contributed by atoms with Crippen molar-refractivity contribution in [3.05, 3.63) is 70.4 Å². The van der Waals surface area contributed by atoms with Gasteiger partial charge in [-0.25, -0.2) is 17.6 Å². The third kappa shape index (κ3) is 4.98. The standard InChI is InChI=1S/C30H39F4N3O2Si/c1-16(2)40(17(3)4,18(5)6)37-13-12-20-25(32)24(26(33)27(34)28(20)37)29(39-23-9-7-8-14-38-23)19-10-11-22(31)21(15-19)30(35)36/h10-13,15-18,23,29H,7-9,14H2,1-6H3,(H3,35,36). The van der Waals surface area contributed by atoms with Gasteiger partial charge >= 0.3 is 0 Å². The molecular weight excluding hydrogens is 538 g/mol. The zero-order chi connectivity index (χ0) is 29.5. The molecule has 0 amide bonds. The fourth-order valence-corrected chi connectivity index (χ4v) is 13.5. The minimum Gasteiger partial charge on any atom is -0.384 e. The van der Waals surface area contributed by atoms with E-state index in [0.717, 1.165) is 18.9 Å². The lowest BCUT2D eigenvalue weighted by atomic mass is 9.96. The molecule has 2 aromatic carbocycles. The number of rotatable bonds is 9. The number of benzene rings is 2. The number of hydrogen-bond acceptors (Lipinski definition) is 3. The van der Waals surface area contributed by atoms with Crippen molar-refractivity contribution in [2.75, 3.05) is 6.61 Å². The number of nitrogens with one attached hydrogen (secondary N) is 1. The first-order chi connectivity index (χ1) is 18.8. The average molecular weight is 578 g/mol. The van der Waals surface area contributed by atoms with E-state index in [4.69, 9.17) is 20.6 Å². The lowest BCUT2D eigenvalue weighted by molar-refractivity contribution is -0.182. The van der Waals surface area contributed by atoms with Crippen molar-refractivity contribution in [1.29, 1.82) is 5.41 Å². The second kappa shape index (κ2) is 11.7. The molecule has 4 rings (SSSR count). The predicted octanol–water partition coefficient (Wildman–Crippen LogP) is 8.14. The van der Waals surface area contributed by atoms with Gasteiger partial charge < -0.3 is 19.4 Å². The van der Waals surface area contributed by atoms with E-state index in [1.807, 2.05) is 4.23 Å². The number of ether oxygens (including phenoxy) is 2. The van der Waals surface area contributed by atoms with Crippen LogP contribution in [0.4, 0.5) is 17.6 Å². The summed E-state index contributed by atoms with van der Waals surface area (Å²) >= 11 is 0. The highest BCUT2D eigenvalue weighted by molar-refractivity contribution is 6.82. The van der Waals surface area contributed by atoms with Crippen LogP contribution in [0.2, 0.25) is 16.6 Å². The van der Waals surface area contributed by atoms with Crippen LogP contribution in [-0.2, 0) is 9.47 Å². The van der Waals surface area contributed by atoms with Crippen LogP contribution in [0, 0.1) is 28.7 Å². The van der Waals surface area contributed by atoms with Gasteiger partial charge in [-0.15, -0.1) is 0 Å². The lowest BCUT2D eigenvalue weighted by Crippen LogP contribution is -2.51. The maximum atomic E-state index is 16.5. The Balaban J connectivity index is 1.99. The fourth-order valence-electron chi connectivity index (χ4n) is 6.88. The van der Waals surface area contributed by atoms with Gasteiger partial charge in [0.1, 0.15) is 23.6 Å². The molecule has 218 valence electrons. The summed E-state index contributed by atoms with van der Waals surface area (Å²) < 4.78 is 76.9. The van der Waals surface area contributed by atoms with Gasteiger partial charge in [0.15, 0.2) is 26.2 Å². The summed E-state index contributed by atoms with van der Waals surface area (Å²) in [7, 11) is -2.55. The van der Waals surface area contributed by atoms with Crippen LogP contribution in [0.25, 0.3) is 10.9 Å². The van der Waals surface area contributed by atoms with Gasteiger partial charge in [-0.2, -0.15) is 0 Å². The monoisotopic (exact) mass is 577 g/mol. The normalized spacial score (nSPS) is 17.4. The molecule has 0 saturated carbocycles. The van der Waals surface area contributed by atoms with Crippen molar-refractivity contribution in [3.63, 3.8) is 0 Å². The summed E-state index contributed by atoms with van der Waals surface area (Å²) in [6.07, 6.45) is 1.51. The highest BCUT2D eigenvalue weighted by atomic mass is 28.3. The largest absolute Gasteiger partial charge is 0.384 e. The second-order valence-corrected chi connectivity index (χ2v) is 17.3. The molecule has 1 saturated heterocycles. The molecule has 40 heavy (non-hydrogen) atoms. The van der Waals surface area contributed by atoms with Crippen molar-refractivity contribution in [2.45, 2.75) is 89.8 Å². The van der Waals surface area contributed by atoms with E-state index in [1.165, 1.54) is 18.2 Å². The molecule has 2 atom stereocenters. The SMILES string of the molecule is CC(C)[Si](C(C)C)(C(C)C)n1ccc2c(F)c(C(OC3CCCCO3)c3ccc(F)c(C(=N)N)c3)c(F)c(F)c21. The number of nitrogens with zero attached hydrogens (tertiary/aromatic N) is 1. The molecule has 3 N–H and O–H groups in total. The van der Waals surface area contributed by atoms with Crippen molar-refractivity contribution < 1.29 is 27.0 Å². The van der Waals surface area contributed by atoms with Crippen LogP contribution in [0.1, 0.15) is 83.6 Å². The number of aromatic nitrogens is 1. The summed E-state index contributed by atoms with van der Waals surface area (Å²) in [5.74, 6) is -4.77. The molecule has 2 heterocycles. The van der Waals surface area contributed by atoms with Crippen LogP contribution in [0.15, 0.2) is 30.5 Å². The molecule has 10 heteroatoms. The molecule has 0 bridgehead atoms. The maximum Gasteiger partial charge on any atom is 0.182 e. The van der Waals surface area contributed by atoms with Crippen molar-refractivity contribution >= 4 is 25.0 Å². The lowest BCUT2D eigenvalue weighted by Gasteiger charge is -2.44. The Morgan fingerprint density at radius 1 is 0.975 bits per heavy atom. The minimum atomic E-state index is -2.55. The maximum absolute atomic E-state index is 16.5. The Morgan fingerprint density at radius 2 is 1.62 bits per heavy atom. The van der Waals surface area contributed by atoms with Gasteiger partial charge in [0.05, 0.1) is 16.6 Å². The van der Waals surface area contributed by atoms with Gasteiger partial charge in [-0.3, -0.25) is 5.41 Å². The number of hydrogen-bond donors (Lipinski definition) is 2. The first-order valence-corrected chi connectivity index (χ1v) is 16.1. The number of halogens is 4. The molecule has 1 aliphatic heterocycles. The number of amidine groups is 1. The number of fused-ring (bicyclic) bond motifs is 1. The van der Waals surface area contributed by atoms with Crippen molar-refractivity contribution in [3.8, 4) is 0 Å². The zero-order valence-electron chi connectivity index (χ0n) is 24.0.